The minimum atomic E-state index is -1.19. The number of rotatable bonds is 9. The average Bonchev–Trinajstić information content (AvgIpc) is 3.15. The third kappa shape index (κ3) is 6.96. The van der Waals surface area contributed by atoms with E-state index >= 15 is 0 Å². The number of carbonyl (C=O) groups excluding carboxylic acids is 2. The van der Waals surface area contributed by atoms with Crippen molar-refractivity contribution in [2.75, 3.05) is 6.54 Å². The average molecular weight is 330 g/mol. The lowest BCUT2D eigenvalue weighted by atomic mass is 10.0. The Morgan fingerprint density at radius 1 is 1.22 bits per heavy atom. The minimum absolute atomic E-state index is 0.163. The van der Waals surface area contributed by atoms with Crippen LogP contribution in [0.5, 0.6) is 0 Å². The first-order valence-electron chi connectivity index (χ1n) is 7.70. The first-order chi connectivity index (χ1) is 10.5. The molecule has 4 N–H and O–H groups in total. The third-order valence-electron chi connectivity index (χ3n) is 3.37. The van der Waals surface area contributed by atoms with Crippen molar-refractivity contribution >= 4 is 17.8 Å². The molecular weight excluding hydrogens is 304 g/mol. The highest BCUT2D eigenvalue weighted by atomic mass is 16.6. The summed E-state index contributed by atoms with van der Waals surface area (Å²) in [7, 11) is 0. The van der Waals surface area contributed by atoms with E-state index < -0.39 is 35.7 Å². The molecular formula is C15H26N2O6. The van der Waals surface area contributed by atoms with Crippen LogP contribution in [0.15, 0.2) is 0 Å². The Morgan fingerprint density at radius 3 is 2.26 bits per heavy atom. The van der Waals surface area contributed by atoms with Gasteiger partial charge >= 0.3 is 5.97 Å². The Hall–Kier alpha value is -1.67. The normalized spacial score (nSPS) is 21.7. The summed E-state index contributed by atoms with van der Waals surface area (Å²) in [5, 5.41) is 23.6. The van der Waals surface area contributed by atoms with Crippen LogP contribution in [0.25, 0.3) is 0 Å². The summed E-state index contributed by atoms with van der Waals surface area (Å²) < 4.78 is 4.78. The Balaban J connectivity index is 2.53. The molecule has 0 radical (unpaired) electrons. The summed E-state index contributed by atoms with van der Waals surface area (Å²) in [6.07, 6.45) is -1.36. The fourth-order valence-corrected chi connectivity index (χ4v) is 2.07. The van der Waals surface area contributed by atoms with E-state index in [1.165, 1.54) is 0 Å². The van der Waals surface area contributed by atoms with E-state index in [4.69, 9.17) is 9.84 Å². The van der Waals surface area contributed by atoms with Crippen LogP contribution >= 0.6 is 0 Å². The molecule has 0 spiro atoms. The highest BCUT2D eigenvalue weighted by Gasteiger charge is 2.51. The zero-order valence-electron chi connectivity index (χ0n) is 14.0. The maximum atomic E-state index is 12.2. The second-order valence-electron chi connectivity index (χ2n) is 6.86. The summed E-state index contributed by atoms with van der Waals surface area (Å²) in [5.41, 5.74) is -0.888. The molecule has 1 saturated heterocycles. The van der Waals surface area contributed by atoms with Crippen LogP contribution in [0.1, 0.15) is 40.5 Å². The summed E-state index contributed by atoms with van der Waals surface area (Å²) in [5.74, 6) is -1.99. The minimum Gasteiger partial charge on any atom is -0.479 e. The molecule has 1 aliphatic heterocycles. The van der Waals surface area contributed by atoms with E-state index in [9.17, 15) is 19.5 Å². The molecule has 132 valence electrons. The van der Waals surface area contributed by atoms with E-state index in [1.54, 1.807) is 13.8 Å². The number of hydrogen-bond donors (Lipinski definition) is 4. The SMILES string of the molecule is CC(C)C[C@H](NC(=O)[C@H]1O[C@@H]1C(=O)O)C(=O)NCCC(C)(C)O. The fraction of sp³-hybridized carbons (Fsp3) is 0.800. The summed E-state index contributed by atoms with van der Waals surface area (Å²) >= 11 is 0. The molecule has 8 nitrogen and oxygen atoms in total. The first kappa shape index (κ1) is 19.4. The van der Waals surface area contributed by atoms with Crippen LogP contribution in [-0.2, 0) is 19.1 Å². The second kappa shape index (κ2) is 7.74. The Labute approximate surface area is 135 Å². The maximum Gasteiger partial charge on any atom is 0.336 e. The monoisotopic (exact) mass is 330 g/mol. The van der Waals surface area contributed by atoms with Gasteiger partial charge in [-0.25, -0.2) is 4.79 Å². The molecule has 0 aromatic carbocycles. The second-order valence-corrected chi connectivity index (χ2v) is 6.86. The quantitative estimate of drug-likeness (QED) is 0.428. The summed E-state index contributed by atoms with van der Waals surface area (Å²) in [6, 6.07) is -0.761. The van der Waals surface area contributed by atoms with Crippen molar-refractivity contribution in [3.63, 3.8) is 0 Å². The molecule has 1 heterocycles. The number of epoxide rings is 1. The topological polar surface area (TPSA) is 128 Å². The first-order valence-corrected chi connectivity index (χ1v) is 7.70. The number of amides is 2. The summed E-state index contributed by atoms with van der Waals surface area (Å²) in [6.45, 7) is 7.39. The Kier molecular flexibility index (Phi) is 6.52. The smallest absolute Gasteiger partial charge is 0.336 e. The molecule has 23 heavy (non-hydrogen) atoms. The molecule has 3 atom stereocenters. The molecule has 0 aliphatic carbocycles. The molecule has 0 saturated carbocycles. The van der Waals surface area contributed by atoms with Crippen molar-refractivity contribution in [3.8, 4) is 0 Å². The lowest BCUT2D eigenvalue weighted by Gasteiger charge is -2.21. The lowest BCUT2D eigenvalue weighted by Crippen LogP contribution is -2.49. The van der Waals surface area contributed by atoms with Crippen molar-refractivity contribution in [3.05, 3.63) is 0 Å². The van der Waals surface area contributed by atoms with Gasteiger partial charge in [-0.05, 0) is 32.6 Å². The maximum absolute atomic E-state index is 12.2. The van der Waals surface area contributed by atoms with Gasteiger partial charge in [0, 0.05) is 6.54 Å². The van der Waals surface area contributed by atoms with Crippen LogP contribution in [-0.4, -0.2) is 58.4 Å². The number of carboxylic acid groups (broad SMARTS) is 1. The number of ether oxygens (including phenoxy) is 1. The fourth-order valence-electron chi connectivity index (χ4n) is 2.07. The zero-order valence-corrected chi connectivity index (χ0v) is 14.0. The van der Waals surface area contributed by atoms with Crippen LogP contribution in [0.3, 0.4) is 0 Å². The van der Waals surface area contributed by atoms with E-state index in [0.29, 0.717) is 12.8 Å². The van der Waals surface area contributed by atoms with E-state index in [0.717, 1.165) is 0 Å². The zero-order chi connectivity index (χ0) is 17.8. The Bertz CT molecular complexity index is 457. The van der Waals surface area contributed by atoms with Gasteiger partial charge in [0.15, 0.2) is 12.2 Å². The van der Waals surface area contributed by atoms with E-state index in [2.05, 4.69) is 10.6 Å². The highest BCUT2D eigenvalue weighted by molar-refractivity contribution is 5.95. The van der Waals surface area contributed by atoms with Gasteiger partial charge in [-0.2, -0.15) is 0 Å². The van der Waals surface area contributed by atoms with Gasteiger partial charge in [0.2, 0.25) is 5.91 Å². The largest absolute Gasteiger partial charge is 0.479 e. The van der Waals surface area contributed by atoms with Crippen molar-refractivity contribution in [2.24, 2.45) is 5.92 Å². The van der Waals surface area contributed by atoms with Gasteiger partial charge < -0.3 is 25.6 Å². The van der Waals surface area contributed by atoms with Crippen molar-refractivity contribution in [1.29, 1.82) is 0 Å². The van der Waals surface area contributed by atoms with E-state index in [-0.39, 0.29) is 18.4 Å². The molecule has 1 fully saturated rings. The van der Waals surface area contributed by atoms with E-state index in [1.807, 2.05) is 13.8 Å². The van der Waals surface area contributed by atoms with Crippen LogP contribution in [0.2, 0.25) is 0 Å². The predicted molar refractivity (Wildman–Crippen MR) is 81.6 cm³/mol. The number of carboxylic acids is 1. The number of aliphatic carboxylic acids is 1. The van der Waals surface area contributed by atoms with Gasteiger partial charge in [-0.3, -0.25) is 9.59 Å². The van der Waals surface area contributed by atoms with Crippen LogP contribution in [0, 0.1) is 5.92 Å². The van der Waals surface area contributed by atoms with Crippen molar-refractivity contribution < 1.29 is 29.3 Å². The molecule has 0 unspecified atom stereocenters. The lowest BCUT2D eigenvalue weighted by molar-refractivity contribution is -0.138. The number of hydrogen-bond acceptors (Lipinski definition) is 5. The van der Waals surface area contributed by atoms with Gasteiger partial charge in [0.05, 0.1) is 5.60 Å². The number of carbonyl (C=O) groups is 3. The number of nitrogens with one attached hydrogen (secondary N) is 2. The molecule has 0 aromatic rings. The molecule has 0 bridgehead atoms. The standard InChI is InChI=1S/C15H26N2O6/c1-8(2)7-9(12(18)16-6-5-15(3,4)22)17-13(19)10-11(23-10)14(20)21/h8-11,22H,5-7H2,1-4H3,(H,16,18)(H,17,19)(H,20,21)/t9-,10-,11-/m0/s1. The molecule has 1 rings (SSSR count). The van der Waals surface area contributed by atoms with Gasteiger partial charge in [-0.1, -0.05) is 13.8 Å². The molecule has 2 amide bonds. The third-order valence-corrected chi connectivity index (χ3v) is 3.37. The van der Waals surface area contributed by atoms with Gasteiger partial charge in [0.1, 0.15) is 6.04 Å². The Morgan fingerprint density at radius 2 is 1.83 bits per heavy atom. The predicted octanol–water partition coefficient (Wildman–Crippen LogP) is -0.353. The van der Waals surface area contributed by atoms with Crippen LogP contribution in [0.4, 0.5) is 0 Å². The molecule has 0 aromatic heterocycles. The van der Waals surface area contributed by atoms with Crippen molar-refractivity contribution in [2.45, 2.75) is 64.4 Å². The van der Waals surface area contributed by atoms with Gasteiger partial charge in [-0.15, -0.1) is 0 Å². The van der Waals surface area contributed by atoms with Gasteiger partial charge in [0.25, 0.3) is 5.91 Å². The number of aliphatic hydroxyl groups is 1. The molecule has 1 aliphatic rings. The molecule has 8 heteroatoms. The highest BCUT2D eigenvalue weighted by Crippen LogP contribution is 2.22. The van der Waals surface area contributed by atoms with Crippen LogP contribution < -0.4 is 10.6 Å². The summed E-state index contributed by atoms with van der Waals surface area (Å²) in [4.78, 5) is 34.8. The van der Waals surface area contributed by atoms with Crippen molar-refractivity contribution in [1.82, 2.24) is 10.6 Å².